The van der Waals surface area contributed by atoms with Gasteiger partial charge in [-0.05, 0) is 44.2 Å². The van der Waals surface area contributed by atoms with Gasteiger partial charge in [-0.1, -0.05) is 23.8 Å². The van der Waals surface area contributed by atoms with E-state index in [4.69, 9.17) is 0 Å². The second-order valence-electron chi connectivity index (χ2n) is 6.94. The minimum absolute atomic E-state index is 0.0645. The molecule has 32 heavy (non-hydrogen) atoms. The van der Waals surface area contributed by atoms with Gasteiger partial charge in [0.25, 0.3) is 5.91 Å². The fourth-order valence-corrected chi connectivity index (χ4v) is 3.73. The lowest BCUT2D eigenvalue weighted by Gasteiger charge is -2.14. The molecule has 166 valence electrons. The van der Waals surface area contributed by atoms with E-state index < -0.39 is 40.1 Å². The van der Waals surface area contributed by atoms with Crippen LogP contribution in [-0.4, -0.2) is 17.1 Å². The number of halogens is 4. The molecule has 0 aromatic heterocycles. The normalized spacial score (nSPS) is 11.7. The molecule has 0 radical (unpaired) electrons. The Morgan fingerprint density at radius 2 is 1.53 bits per heavy atom. The predicted molar refractivity (Wildman–Crippen MR) is 116 cm³/mol. The van der Waals surface area contributed by atoms with Gasteiger partial charge in [0.2, 0.25) is 5.91 Å². The molecule has 2 N–H and O–H groups in total. The highest BCUT2D eigenvalue weighted by atomic mass is 32.2. The Kier molecular flexibility index (Phi) is 7.19. The molecule has 4 nitrogen and oxygen atoms in total. The molecule has 0 saturated carbocycles. The number of aryl methyl sites for hydroxylation is 1. The van der Waals surface area contributed by atoms with E-state index in [0.29, 0.717) is 16.1 Å². The van der Waals surface area contributed by atoms with Crippen molar-refractivity contribution in [2.45, 2.75) is 24.0 Å². The molecule has 0 aliphatic rings. The highest BCUT2D eigenvalue weighted by molar-refractivity contribution is 8.00. The van der Waals surface area contributed by atoms with E-state index in [1.165, 1.54) is 6.92 Å². The summed E-state index contributed by atoms with van der Waals surface area (Å²) in [5, 5.41) is 3.78. The number of hydrogen-bond acceptors (Lipinski definition) is 3. The number of carbonyl (C=O) groups excluding carboxylic acids is 2. The monoisotopic (exact) mass is 462 g/mol. The third-order valence-corrected chi connectivity index (χ3v) is 5.51. The van der Waals surface area contributed by atoms with Gasteiger partial charge in [0.1, 0.15) is 5.69 Å². The lowest BCUT2D eigenvalue weighted by Crippen LogP contribution is -2.24. The summed E-state index contributed by atoms with van der Waals surface area (Å²) in [4.78, 5) is 25.3. The third kappa shape index (κ3) is 5.47. The third-order valence-electron chi connectivity index (χ3n) is 4.41. The van der Waals surface area contributed by atoms with Crippen molar-refractivity contribution in [2.75, 3.05) is 10.6 Å². The Balaban J connectivity index is 1.69. The summed E-state index contributed by atoms with van der Waals surface area (Å²) in [7, 11) is 0. The molecule has 2 amide bonds. The average molecular weight is 462 g/mol. The number of thioether (sulfide) groups is 1. The summed E-state index contributed by atoms with van der Waals surface area (Å²) in [6, 6.07) is 13.8. The van der Waals surface area contributed by atoms with Crippen molar-refractivity contribution in [3.8, 4) is 0 Å². The molecule has 0 saturated heterocycles. The minimum Gasteiger partial charge on any atom is -0.322 e. The maximum Gasteiger partial charge on any atom is 0.255 e. The van der Waals surface area contributed by atoms with Gasteiger partial charge in [-0.3, -0.25) is 9.59 Å². The summed E-state index contributed by atoms with van der Waals surface area (Å²) >= 11 is 1.03. The summed E-state index contributed by atoms with van der Waals surface area (Å²) in [6.07, 6.45) is 0. The van der Waals surface area contributed by atoms with Gasteiger partial charge in [0.05, 0.1) is 5.25 Å². The molecule has 0 bridgehead atoms. The van der Waals surface area contributed by atoms with Gasteiger partial charge in [-0.2, -0.15) is 0 Å². The second kappa shape index (κ2) is 9.86. The van der Waals surface area contributed by atoms with Crippen molar-refractivity contribution < 1.29 is 27.2 Å². The summed E-state index contributed by atoms with van der Waals surface area (Å²) in [5.41, 5.74) is 0.729. The van der Waals surface area contributed by atoms with E-state index in [9.17, 15) is 27.2 Å². The molecule has 0 spiro atoms. The van der Waals surface area contributed by atoms with Crippen molar-refractivity contribution in [3.05, 3.63) is 89.0 Å². The molecule has 0 aliphatic heterocycles. The van der Waals surface area contributed by atoms with Gasteiger partial charge in [0, 0.05) is 22.2 Å². The number of carbonyl (C=O) groups is 2. The first-order valence-corrected chi connectivity index (χ1v) is 10.3. The predicted octanol–water partition coefficient (Wildman–Crippen LogP) is 5.92. The Morgan fingerprint density at radius 3 is 2.19 bits per heavy atom. The summed E-state index contributed by atoms with van der Waals surface area (Å²) in [5.74, 6) is -7.76. The molecular weight excluding hydrogens is 444 g/mol. The van der Waals surface area contributed by atoms with E-state index in [1.54, 1.807) is 42.5 Å². The molecule has 3 aromatic carbocycles. The van der Waals surface area contributed by atoms with Crippen LogP contribution in [0.3, 0.4) is 0 Å². The van der Waals surface area contributed by atoms with E-state index >= 15 is 0 Å². The van der Waals surface area contributed by atoms with Crippen molar-refractivity contribution >= 4 is 35.0 Å². The molecule has 0 heterocycles. The average Bonchev–Trinajstić information content (AvgIpc) is 2.75. The van der Waals surface area contributed by atoms with Crippen LogP contribution in [-0.2, 0) is 4.79 Å². The van der Waals surface area contributed by atoms with Crippen LogP contribution < -0.4 is 10.6 Å². The smallest absolute Gasteiger partial charge is 0.255 e. The Morgan fingerprint density at radius 1 is 0.875 bits per heavy atom. The molecule has 9 heteroatoms. The Bertz CT molecular complexity index is 1160. The van der Waals surface area contributed by atoms with Crippen molar-refractivity contribution in [1.29, 1.82) is 0 Å². The Labute approximate surface area is 186 Å². The van der Waals surface area contributed by atoms with Gasteiger partial charge < -0.3 is 10.6 Å². The van der Waals surface area contributed by atoms with E-state index in [1.807, 2.05) is 18.3 Å². The lowest BCUT2D eigenvalue weighted by molar-refractivity contribution is -0.115. The zero-order chi connectivity index (χ0) is 23.4. The molecule has 0 fully saturated rings. The number of anilines is 2. The zero-order valence-corrected chi connectivity index (χ0v) is 17.8. The quantitative estimate of drug-likeness (QED) is 0.272. The first kappa shape index (κ1) is 23.3. The van der Waals surface area contributed by atoms with Gasteiger partial charge in [-0.25, -0.2) is 17.6 Å². The maximum atomic E-state index is 13.8. The van der Waals surface area contributed by atoms with Gasteiger partial charge in [0.15, 0.2) is 23.3 Å². The van der Waals surface area contributed by atoms with Crippen LogP contribution >= 0.6 is 11.8 Å². The van der Waals surface area contributed by atoms with E-state index in [-0.39, 0.29) is 12.0 Å². The molecule has 1 unspecified atom stereocenters. The minimum atomic E-state index is -1.68. The van der Waals surface area contributed by atoms with Crippen LogP contribution in [0.1, 0.15) is 22.8 Å². The van der Waals surface area contributed by atoms with E-state index in [0.717, 1.165) is 17.3 Å². The molecule has 1 atom stereocenters. The van der Waals surface area contributed by atoms with Crippen LogP contribution in [0.25, 0.3) is 0 Å². The Hall–Kier alpha value is -3.33. The number of amides is 2. The number of nitrogens with one attached hydrogen (secondary N) is 2. The molecule has 3 rings (SSSR count). The van der Waals surface area contributed by atoms with Crippen LogP contribution in [0, 0.1) is 30.2 Å². The fourth-order valence-electron chi connectivity index (χ4n) is 2.80. The first-order valence-electron chi connectivity index (χ1n) is 9.44. The summed E-state index contributed by atoms with van der Waals surface area (Å²) in [6.45, 7) is 3.33. The van der Waals surface area contributed by atoms with Crippen LogP contribution in [0.4, 0.5) is 28.9 Å². The SMILES string of the molecule is Cc1cccc(C(=O)Nc2cccc(SC(C)C(=O)Nc3c(F)c(F)cc(F)c3F)c2)c1. The van der Waals surface area contributed by atoms with E-state index in [2.05, 4.69) is 5.32 Å². The second-order valence-corrected chi connectivity index (χ2v) is 8.36. The number of hydrogen-bond donors (Lipinski definition) is 2. The summed E-state index contributed by atoms with van der Waals surface area (Å²) < 4.78 is 54.3. The van der Waals surface area contributed by atoms with Gasteiger partial charge >= 0.3 is 0 Å². The first-order chi connectivity index (χ1) is 15.2. The molecule has 3 aromatic rings. The highest BCUT2D eigenvalue weighted by Crippen LogP contribution is 2.29. The van der Waals surface area contributed by atoms with Crippen LogP contribution in [0.2, 0.25) is 0 Å². The maximum absolute atomic E-state index is 13.8. The molecular formula is C23H18F4N2O2S. The largest absolute Gasteiger partial charge is 0.322 e. The van der Waals surface area contributed by atoms with Gasteiger partial charge in [-0.15, -0.1) is 11.8 Å². The number of rotatable bonds is 6. The lowest BCUT2D eigenvalue weighted by atomic mass is 10.1. The number of benzene rings is 3. The van der Waals surface area contributed by atoms with Crippen molar-refractivity contribution in [1.82, 2.24) is 0 Å². The standard InChI is InChI=1S/C23H18F4N2O2S/c1-12-5-3-6-14(9-12)23(31)28-15-7-4-8-16(10-15)32-13(2)22(30)29-21-19(26)17(24)11-18(25)20(21)27/h3-11,13H,1-2H3,(H,28,31)(H,29,30). The fraction of sp³-hybridized carbons (Fsp3) is 0.130. The highest BCUT2D eigenvalue weighted by Gasteiger charge is 2.23. The van der Waals surface area contributed by atoms with Crippen molar-refractivity contribution in [3.63, 3.8) is 0 Å². The van der Waals surface area contributed by atoms with Crippen molar-refractivity contribution in [2.24, 2.45) is 0 Å². The van der Waals surface area contributed by atoms with Crippen LogP contribution in [0.5, 0.6) is 0 Å². The van der Waals surface area contributed by atoms with Crippen LogP contribution in [0.15, 0.2) is 59.5 Å². The molecule has 0 aliphatic carbocycles. The zero-order valence-electron chi connectivity index (χ0n) is 17.0. The topological polar surface area (TPSA) is 58.2 Å².